The van der Waals surface area contributed by atoms with Gasteiger partial charge in [0, 0.05) is 32.7 Å². The third-order valence-corrected chi connectivity index (χ3v) is 7.79. The molecular formula is C24H27F2N3O4. The van der Waals surface area contributed by atoms with E-state index in [2.05, 4.69) is 21.8 Å². The average Bonchev–Trinajstić information content (AvgIpc) is 3.54. The second-order valence-electron chi connectivity index (χ2n) is 9.64. The Morgan fingerprint density at radius 2 is 1.58 bits per heavy atom. The van der Waals surface area contributed by atoms with Crippen LogP contribution in [0.15, 0.2) is 30.4 Å². The van der Waals surface area contributed by atoms with Crippen molar-refractivity contribution in [3.05, 3.63) is 30.4 Å². The largest absolute Gasteiger partial charge is 0.586 e. The van der Waals surface area contributed by atoms with Crippen LogP contribution in [0.4, 0.5) is 14.5 Å². The molecule has 33 heavy (non-hydrogen) atoms. The van der Waals surface area contributed by atoms with Crippen LogP contribution in [-0.4, -0.2) is 67.2 Å². The number of allylic oxidation sites excluding steroid dienone is 2. The molecule has 0 N–H and O–H groups in total. The highest BCUT2D eigenvalue weighted by molar-refractivity contribution is 6.06. The quantitative estimate of drug-likeness (QED) is 0.370. The number of halogens is 2. The predicted molar refractivity (Wildman–Crippen MR) is 115 cm³/mol. The van der Waals surface area contributed by atoms with Gasteiger partial charge in [0.25, 0.3) is 0 Å². The minimum absolute atomic E-state index is 0.0302. The van der Waals surface area contributed by atoms with E-state index in [9.17, 15) is 18.4 Å². The number of amides is 2. The first-order chi connectivity index (χ1) is 15.9. The van der Waals surface area contributed by atoms with Gasteiger partial charge < -0.3 is 14.4 Å². The molecule has 176 valence electrons. The molecule has 1 saturated carbocycles. The number of ether oxygens (including phenoxy) is 2. The smallest absolute Gasteiger partial charge is 0.395 e. The molecule has 2 saturated heterocycles. The van der Waals surface area contributed by atoms with Gasteiger partial charge in [-0.3, -0.25) is 19.4 Å². The van der Waals surface area contributed by atoms with Crippen molar-refractivity contribution >= 4 is 17.5 Å². The molecule has 7 nitrogen and oxygen atoms in total. The van der Waals surface area contributed by atoms with E-state index in [0.29, 0.717) is 25.3 Å². The van der Waals surface area contributed by atoms with Crippen LogP contribution in [-0.2, 0) is 9.59 Å². The lowest BCUT2D eigenvalue weighted by Crippen LogP contribution is -2.46. The van der Waals surface area contributed by atoms with Gasteiger partial charge >= 0.3 is 6.29 Å². The number of benzene rings is 1. The van der Waals surface area contributed by atoms with Gasteiger partial charge in [-0.15, -0.1) is 8.78 Å². The number of para-hydroxylation sites is 1. The highest BCUT2D eigenvalue weighted by Gasteiger charge is 2.58. The molecule has 0 unspecified atom stereocenters. The number of anilines is 1. The number of imide groups is 1. The van der Waals surface area contributed by atoms with Crippen molar-refractivity contribution < 1.29 is 27.8 Å². The van der Waals surface area contributed by atoms with Crippen molar-refractivity contribution in [3.63, 3.8) is 0 Å². The fourth-order valence-electron chi connectivity index (χ4n) is 6.21. The summed E-state index contributed by atoms with van der Waals surface area (Å²) in [6.07, 6.45) is 3.28. The first kappa shape index (κ1) is 20.9. The number of hydrogen-bond donors (Lipinski definition) is 0. The average molecular weight is 459 g/mol. The zero-order chi connectivity index (χ0) is 22.7. The number of rotatable bonds is 6. The van der Waals surface area contributed by atoms with Gasteiger partial charge in [0.2, 0.25) is 11.8 Å². The summed E-state index contributed by atoms with van der Waals surface area (Å²) in [7, 11) is 0. The summed E-state index contributed by atoms with van der Waals surface area (Å²) in [6.45, 7) is 4.41. The Labute approximate surface area is 190 Å². The standard InChI is InChI=1S/C24H27F2N3O4/c25-24(26)32-18-5-3-4-17(21(18)33-24)28-12-10-27(11-13-28)8-1-2-9-29-22(30)19-15-6-7-16(14-15)20(19)23(29)31/h3-7,15-16,19-20H,1-2,8-14H2/t15-,16+,19+,20-. The van der Waals surface area contributed by atoms with Gasteiger partial charge in [-0.1, -0.05) is 18.2 Å². The molecule has 2 aliphatic carbocycles. The third kappa shape index (κ3) is 3.48. The lowest BCUT2D eigenvalue weighted by atomic mass is 9.85. The Morgan fingerprint density at radius 3 is 2.27 bits per heavy atom. The number of hydrogen-bond acceptors (Lipinski definition) is 6. The van der Waals surface area contributed by atoms with E-state index in [0.717, 1.165) is 38.9 Å². The van der Waals surface area contributed by atoms with Crippen molar-refractivity contribution in [2.24, 2.45) is 23.7 Å². The SMILES string of the molecule is O=C1[C@@H]2[C@H](C(=O)N1CCCCN1CCN(c3cccc4c3OC(F)(F)O4)CC1)[C@H]1C=C[C@@H]2C1. The normalized spacial score (nSPS) is 31.7. The summed E-state index contributed by atoms with van der Waals surface area (Å²) in [5.74, 6) is 0.510. The number of carbonyl (C=O) groups excluding carboxylic acids is 2. The molecule has 0 aromatic heterocycles. The van der Waals surface area contributed by atoms with E-state index in [1.807, 2.05) is 4.90 Å². The molecule has 3 heterocycles. The summed E-state index contributed by atoms with van der Waals surface area (Å²) < 4.78 is 36.2. The molecule has 1 aromatic carbocycles. The number of carbonyl (C=O) groups is 2. The number of piperazine rings is 1. The van der Waals surface area contributed by atoms with Gasteiger partial charge in [0.05, 0.1) is 17.5 Å². The molecule has 1 aromatic rings. The molecule has 0 radical (unpaired) electrons. The Bertz CT molecular complexity index is 977. The Kier molecular flexibility index (Phi) is 4.87. The fraction of sp³-hybridized carbons (Fsp3) is 0.583. The van der Waals surface area contributed by atoms with Crippen molar-refractivity contribution in [1.29, 1.82) is 0 Å². The number of fused-ring (bicyclic) bond motifs is 6. The van der Waals surface area contributed by atoms with Gasteiger partial charge in [0.1, 0.15) is 0 Å². The molecule has 2 bridgehead atoms. The van der Waals surface area contributed by atoms with Gasteiger partial charge in [-0.2, -0.15) is 0 Å². The monoisotopic (exact) mass is 459 g/mol. The van der Waals surface area contributed by atoms with Crippen LogP contribution in [0.1, 0.15) is 19.3 Å². The summed E-state index contributed by atoms with van der Waals surface area (Å²) in [6, 6.07) is 4.96. The molecule has 5 aliphatic rings. The van der Waals surface area contributed by atoms with Crippen LogP contribution in [0.3, 0.4) is 0 Å². The zero-order valence-corrected chi connectivity index (χ0v) is 18.3. The van der Waals surface area contributed by atoms with Gasteiger partial charge in [0.15, 0.2) is 11.5 Å². The minimum atomic E-state index is -3.62. The molecule has 6 rings (SSSR count). The fourth-order valence-corrected chi connectivity index (χ4v) is 6.21. The first-order valence-electron chi connectivity index (χ1n) is 11.8. The topological polar surface area (TPSA) is 62.3 Å². The maximum absolute atomic E-state index is 13.5. The second kappa shape index (κ2) is 7.68. The number of unbranched alkanes of at least 4 members (excludes halogenated alkanes) is 1. The van der Waals surface area contributed by atoms with Crippen molar-refractivity contribution in [2.75, 3.05) is 44.2 Å². The van der Waals surface area contributed by atoms with Crippen LogP contribution >= 0.6 is 0 Å². The first-order valence-corrected chi connectivity index (χ1v) is 11.8. The molecule has 3 aliphatic heterocycles. The number of likely N-dealkylation sites (tertiary alicyclic amines) is 1. The molecule has 2 amide bonds. The predicted octanol–water partition coefficient (Wildman–Crippen LogP) is 2.72. The van der Waals surface area contributed by atoms with E-state index < -0.39 is 6.29 Å². The van der Waals surface area contributed by atoms with E-state index in [-0.39, 0.29) is 47.0 Å². The molecule has 9 heteroatoms. The van der Waals surface area contributed by atoms with E-state index in [1.54, 1.807) is 12.1 Å². The van der Waals surface area contributed by atoms with E-state index in [1.165, 1.54) is 11.0 Å². The van der Waals surface area contributed by atoms with Gasteiger partial charge in [-0.25, -0.2) is 0 Å². The third-order valence-electron chi connectivity index (χ3n) is 7.79. The zero-order valence-electron chi connectivity index (χ0n) is 18.3. The van der Waals surface area contributed by atoms with Crippen LogP contribution < -0.4 is 14.4 Å². The lowest BCUT2D eigenvalue weighted by Gasteiger charge is -2.36. The molecule has 4 atom stereocenters. The summed E-state index contributed by atoms with van der Waals surface area (Å²) in [4.78, 5) is 31.4. The van der Waals surface area contributed by atoms with Gasteiger partial charge in [-0.05, 0) is 49.8 Å². The Balaban J connectivity index is 0.968. The van der Waals surface area contributed by atoms with Crippen LogP contribution in [0.2, 0.25) is 0 Å². The highest BCUT2D eigenvalue weighted by atomic mass is 19.3. The van der Waals surface area contributed by atoms with Crippen molar-refractivity contribution in [1.82, 2.24) is 9.80 Å². The maximum atomic E-state index is 13.5. The summed E-state index contributed by atoms with van der Waals surface area (Å²) in [5.41, 5.74) is 0.629. The summed E-state index contributed by atoms with van der Waals surface area (Å²) in [5, 5.41) is 0. The highest BCUT2D eigenvalue weighted by Crippen LogP contribution is 2.52. The van der Waals surface area contributed by atoms with Crippen molar-refractivity contribution in [3.8, 4) is 11.5 Å². The van der Waals surface area contributed by atoms with E-state index in [4.69, 9.17) is 4.74 Å². The Hall–Kier alpha value is -2.68. The van der Waals surface area contributed by atoms with E-state index >= 15 is 0 Å². The molecule has 3 fully saturated rings. The van der Waals surface area contributed by atoms with Crippen LogP contribution in [0.5, 0.6) is 11.5 Å². The van der Waals surface area contributed by atoms with Crippen LogP contribution in [0.25, 0.3) is 0 Å². The van der Waals surface area contributed by atoms with Crippen molar-refractivity contribution in [2.45, 2.75) is 25.6 Å². The van der Waals surface area contributed by atoms with Crippen LogP contribution in [0, 0.1) is 23.7 Å². The minimum Gasteiger partial charge on any atom is -0.395 e. The second-order valence-corrected chi connectivity index (χ2v) is 9.64. The molecule has 0 spiro atoms. The maximum Gasteiger partial charge on any atom is 0.586 e. The number of alkyl halides is 2. The summed E-state index contributed by atoms with van der Waals surface area (Å²) >= 11 is 0. The lowest BCUT2D eigenvalue weighted by molar-refractivity contribution is -0.286. The molecular weight excluding hydrogens is 432 g/mol. The number of nitrogens with zero attached hydrogens (tertiary/aromatic N) is 3. The Morgan fingerprint density at radius 1 is 0.909 bits per heavy atom.